The van der Waals surface area contributed by atoms with Crippen molar-refractivity contribution in [2.24, 2.45) is 0 Å². The third kappa shape index (κ3) is 2.70. The standard InChI is InChI=1S/C13H19NO3/c1-2-6-14(7-3-1)9-11-10-16-13(17-11)12-5-4-8-15-12/h4-5,8,11,13H,1-3,6-7,9-10H2/p+1/t11-,13-/m1/s1. The number of nitrogens with one attached hydrogen (secondary N) is 1. The molecule has 2 saturated heterocycles. The molecule has 4 nitrogen and oxygen atoms in total. The Kier molecular flexibility index (Phi) is 3.45. The Morgan fingerprint density at radius 2 is 2.12 bits per heavy atom. The highest BCUT2D eigenvalue weighted by molar-refractivity contribution is 5.00. The van der Waals surface area contributed by atoms with Crippen molar-refractivity contribution in [3.05, 3.63) is 24.2 Å². The zero-order valence-electron chi connectivity index (χ0n) is 10.1. The van der Waals surface area contributed by atoms with Crippen molar-refractivity contribution in [2.45, 2.75) is 31.7 Å². The molecule has 1 aromatic heterocycles. The lowest BCUT2D eigenvalue weighted by Gasteiger charge is -2.25. The summed E-state index contributed by atoms with van der Waals surface area (Å²) >= 11 is 0. The molecule has 2 fully saturated rings. The zero-order chi connectivity index (χ0) is 11.5. The molecule has 3 rings (SSSR count). The van der Waals surface area contributed by atoms with Gasteiger partial charge in [0.15, 0.2) is 5.76 Å². The van der Waals surface area contributed by atoms with E-state index in [2.05, 4.69) is 0 Å². The SMILES string of the molecule is c1coc([C@@H]2OC[C@@H](C[NH+]3CCCCC3)O2)c1. The molecule has 4 heteroatoms. The van der Waals surface area contributed by atoms with Crippen molar-refractivity contribution >= 4 is 0 Å². The lowest BCUT2D eigenvalue weighted by atomic mass is 10.1. The largest absolute Gasteiger partial charge is 0.464 e. The van der Waals surface area contributed by atoms with Crippen molar-refractivity contribution < 1.29 is 18.8 Å². The maximum atomic E-state index is 5.87. The molecular weight excluding hydrogens is 218 g/mol. The summed E-state index contributed by atoms with van der Waals surface area (Å²) in [7, 11) is 0. The van der Waals surface area contributed by atoms with E-state index in [4.69, 9.17) is 13.9 Å². The first-order valence-electron chi connectivity index (χ1n) is 6.56. The maximum Gasteiger partial charge on any atom is 0.217 e. The second-order valence-corrected chi connectivity index (χ2v) is 4.95. The molecule has 3 heterocycles. The average Bonchev–Trinajstić information content (AvgIpc) is 3.00. The van der Waals surface area contributed by atoms with E-state index in [0.717, 1.165) is 12.3 Å². The number of rotatable bonds is 3. The number of furan rings is 1. The smallest absolute Gasteiger partial charge is 0.217 e. The van der Waals surface area contributed by atoms with E-state index >= 15 is 0 Å². The number of hydrogen-bond acceptors (Lipinski definition) is 3. The van der Waals surface area contributed by atoms with Crippen LogP contribution in [0, 0.1) is 0 Å². The minimum atomic E-state index is -0.292. The minimum absolute atomic E-state index is 0.221. The molecule has 0 bridgehead atoms. The Balaban J connectivity index is 1.50. The summed E-state index contributed by atoms with van der Waals surface area (Å²) in [6, 6.07) is 3.77. The number of ether oxygens (including phenoxy) is 2. The Hall–Kier alpha value is -0.840. The molecule has 0 saturated carbocycles. The molecule has 94 valence electrons. The first kappa shape index (κ1) is 11.3. The van der Waals surface area contributed by atoms with Gasteiger partial charge >= 0.3 is 0 Å². The molecule has 2 aliphatic rings. The molecule has 0 radical (unpaired) electrons. The molecule has 0 aliphatic carbocycles. The van der Waals surface area contributed by atoms with Crippen LogP contribution in [0.4, 0.5) is 0 Å². The quantitative estimate of drug-likeness (QED) is 0.844. The van der Waals surface area contributed by atoms with Crippen LogP contribution in [0.1, 0.15) is 31.3 Å². The molecule has 17 heavy (non-hydrogen) atoms. The van der Waals surface area contributed by atoms with Gasteiger partial charge in [-0.1, -0.05) is 0 Å². The van der Waals surface area contributed by atoms with Crippen LogP contribution in [-0.2, 0) is 9.47 Å². The van der Waals surface area contributed by atoms with Gasteiger partial charge < -0.3 is 18.8 Å². The molecule has 1 aromatic rings. The van der Waals surface area contributed by atoms with Gasteiger partial charge in [0.05, 0.1) is 26.0 Å². The van der Waals surface area contributed by atoms with Crippen LogP contribution < -0.4 is 4.90 Å². The van der Waals surface area contributed by atoms with Crippen LogP contribution >= 0.6 is 0 Å². The summed E-state index contributed by atoms with van der Waals surface area (Å²) in [4.78, 5) is 1.66. The first-order valence-corrected chi connectivity index (χ1v) is 6.56. The van der Waals surface area contributed by atoms with Gasteiger partial charge in [0.1, 0.15) is 12.6 Å². The number of likely N-dealkylation sites (tertiary alicyclic amines) is 1. The lowest BCUT2D eigenvalue weighted by molar-refractivity contribution is -0.907. The number of hydrogen-bond donors (Lipinski definition) is 1. The normalized spacial score (nSPS) is 30.8. The third-order valence-electron chi connectivity index (χ3n) is 3.60. The maximum absolute atomic E-state index is 5.87. The van der Waals surface area contributed by atoms with E-state index in [0.29, 0.717) is 6.61 Å². The molecule has 2 aliphatic heterocycles. The summed E-state index contributed by atoms with van der Waals surface area (Å²) < 4.78 is 16.8. The minimum Gasteiger partial charge on any atom is -0.464 e. The van der Waals surface area contributed by atoms with Gasteiger partial charge in [0.25, 0.3) is 0 Å². The van der Waals surface area contributed by atoms with Gasteiger partial charge in [-0.3, -0.25) is 0 Å². The summed E-state index contributed by atoms with van der Waals surface area (Å²) in [6.45, 7) is 4.32. The highest BCUT2D eigenvalue weighted by Gasteiger charge is 2.32. The monoisotopic (exact) mass is 238 g/mol. The molecule has 2 atom stereocenters. The van der Waals surface area contributed by atoms with Gasteiger partial charge in [-0.25, -0.2) is 0 Å². The second kappa shape index (κ2) is 5.21. The van der Waals surface area contributed by atoms with Crippen molar-refractivity contribution in [3.63, 3.8) is 0 Å². The summed E-state index contributed by atoms with van der Waals surface area (Å²) in [5.41, 5.74) is 0. The Morgan fingerprint density at radius 3 is 2.88 bits per heavy atom. The van der Waals surface area contributed by atoms with Crippen LogP contribution in [0.5, 0.6) is 0 Å². The summed E-state index contributed by atoms with van der Waals surface area (Å²) in [6.07, 6.45) is 5.68. The lowest BCUT2D eigenvalue weighted by Crippen LogP contribution is -3.13. The average molecular weight is 238 g/mol. The van der Waals surface area contributed by atoms with Crippen LogP contribution in [0.3, 0.4) is 0 Å². The molecular formula is C13H20NO3+. The predicted molar refractivity (Wildman–Crippen MR) is 61.7 cm³/mol. The molecule has 0 spiro atoms. The van der Waals surface area contributed by atoms with Crippen molar-refractivity contribution in [3.8, 4) is 0 Å². The van der Waals surface area contributed by atoms with E-state index in [1.165, 1.54) is 32.4 Å². The molecule has 1 N–H and O–H groups in total. The Bertz CT molecular complexity index is 332. The summed E-state index contributed by atoms with van der Waals surface area (Å²) in [5, 5.41) is 0. The van der Waals surface area contributed by atoms with E-state index in [1.54, 1.807) is 11.2 Å². The van der Waals surface area contributed by atoms with Gasteiger partial charge in [-0.05, 0) is 31.4 Å². The Labute approximate surface area is 101 Å². The molecule has 0 amide bonds. The zero-order valence-corrected chi connectivity index (χ0v) is 10.1. The van der Waals surface area contributed by atoms with Crippen LogP contribution in [-0.4, -0.2) is 32.3 Å². The first-order chi connectivity index (χ1) is 8.42. The Morgan fingerprint density at radius 1 is 1.24 bits per heavy atom. The van der Waals surface area contributed by atoms with E-state index in [-0.39, 0.29) is 12.4 Å². The number of quaternary nitrogens is 1. The molecule has 0 unspecified atom stereocenters. The number of piperidine rings is 1. The van der Waals surface area contributed by atoms with Gasteiger partial charge in [0, 0.05) is 0 Å². The van der Waals surface area contributed by atoms with Gasteiger partial charge in [-0.15, -0.1) is 0 Å². The van der Waals surface area contributed by atoms with Crippen LogP contribution in [0.15, 0.2) is 22.8 Å². The van der Waals surface area contributed by atoms with Gasteiger partial charge in [0.2, 0.25) is 6.29 Å². The van der Waals surface area contributed by atoms with E-state index in [9.17, 15) is 0 Å². The fourth-order valence-corrected chi connectivity index (χ4v) is 2.71. The fourth-order valence-electron chi connectivity index (χ4n) is 2.71. The predicted octanol–water partition coefficient (Wildman–Crippen LogP) is 0.762. The van der Waals surface area contributed by atoms with E-state index in [1.807, 2.05) is 12.1 Å². The fraction of sp³-hybridized carbons (Fsp3) is 0.692. The highest BCUT2D eigenvalue weighted by atomic mass is 16.7. The van der Waals surface area contributed by atoms with Crippen molar-refractivity contribution in [1.82, 2.24) is 0 Å². The molecule has 0 aromatic carbocycles. The van der Waals surface area contributed by atoms with Crippen LogP contribution in [0.2, 0.25) is 0 Å². The van der Waals surface area contributed by atoms with Crippen molar-refractivity contribution in [1.29, 1.82) is 0 Å². The highest BCUT2D eigenvalue weighted by Crippen LogP contribution is 2.26. The van der Waals surface area contributed by atoms with Crippen LogP contribution in [0.25, 0.3) is 0 Å². The van der Waals surface area contributed by atoms with Gasteiger partial charge in [-0.2, -0.15) is 0 Å². The third-order valence-corrected chi connectivity index (χ3v) is 3.60. The van der Waals surface area contributed by atoms with E-state index < -0.39 is 0 Å². The summed E-state index contributed by atoms with van der Waals surface area (Å²) in [5.74, 6) is 0.779. The second-order valence-electron chi connectivity index (χ2n) is 4.95. The topological polar surface area (TPSA) is 36.0 Å². The van der Waals surface area contributed by atoms with Crippen molar-refractivity contribution in [2.75, 3.05) is 26.2 Å².